The average molecular weight is 587 g/mol. The fourth-order valence-corrected chi connectivity index (χ4v) is 3.90. The Labute approximate surface area is 226 Å². The number of pyridine rings is 1. The number of aromatic nitrogens is 1. The minimum Gasteiger partial charge on any atom is -0.492 e. The molecule has 2 aromatic carbocycles. The van der Waals surface area contributed by atoms with Crippen molar-refractivity contribution in [2.24, 2.45) is 5.14 Å². The molecule has 0 radical (unpaired) electrons. The number of benzene rings is 2. The quantitative estimate of drug-likeness (QED) is 0.197. The zero-order valence-corrected chi connectivity index (χ0v) is 21.6. The standard InChI is InChI=1S/C24H22ClF3N4O6S/c25-20-15-18(37-12-10-31-16-6-8-30-9-7-16)14-19(21(20)38-23(34)24(26,27)28)22(33)32(11-13-39(29,35)36)17-4-2-1-3-5-17/h1-9,14-15H,10-13H2,(H,30,31)(H2,29,35,36). The van der Waals surface area contributed by atoms with Crippen LogP contribution in [0.15, 0.2) is 67.0 Å². The first-order chi connectivity index (χ1) is 18.3. The molecule has 1 aromatic heterocycles. The Hall–Kier alpha value is -3.88. The summed E-state index contributed by atoms with van der Waals surface area (Å²) < 4.78 is 72.2. The van der Waals surface area contributed by atoms with E-state index < -0.39 is 56.7 Å². The van der Waals surface area contributed by atoms with Crippen molar-refractivity contribution in [2.45, 2.75) is 6.18 Å². The normalized spacial score (nSPS) is 11.5. The highest BCUT2D eigenvalue weighted by Crippen LogP contribution is 2.36. The van der Waals surface area contributed by atoms with Crippen LogP contribution in [0.3, 0.4) is 0 Å². The van der Waals surface area contributed by atoms with E-state index in [4.69, 9.17) is 21.5 Å². The van der Waals surface area contributed by atoms with Gasteiger partial charge in [-0.05, 0) is 30.3 Å². The van der Waals surface area contributed by atoms with Crippen LogP contribution in [0.5, 0.6) is 11.5 Å². The van der Waals surface area contributed by atoms with Gasteiger partial charge in [-0.2, -0.15) is 13.2 Å². The summed E-state index contributed by atoms with van der Waals surface area (Å²) >= 11 is 6.15. The van der Waals surface area contributed by atoms with Gasteiger partial charge in [0, 0.05) is 42.9 Å². The van der Waals surface area contributed by atoms with Gasteiger partial charge in [0.15, 0.2) is 5.75 Å². The number of carbonyl (C=O) groups excluding carboxylic acids is 2. The van der Waals surface area contributed by atoms with Crippen molar-refractivity contribution >= 4 is 44.9 Å². The van der Waals surface area contributed by atoms with Gasteiger partial charge in [-0.1, -0.05) is 29.8 Å². The van der Waals surface area contributed by atoms with Crippen molar-refractivity contribution < 1.29 is 40.7 Å². The number of primary sulfonamides is 1. The van der Waals surface area contributed by atoms with Crippen LogP contribution >= 0.6 is 11.6 Å². The van der Waals surface area contributed by atoms with Crippen LogP contribution in [0.1, 0.15) is 10.4 Å². The lowest BCUT2D eigenvalue weighted by Gasteiger charge is -2.24. The van der Waals surface area contributed by atoms with E-state index >= 15 is 0 Å². The molecular formula is C24H22ClF3N4O6S. The molecule has 39 heavy (non-hydrogen) atoms. The molecule has 15 heteroatoms. The lowest BCUT2D eigenvalue weighted by atomic mass is 10.1. The predicted molar refractivity (Wildman–Crippen MR) is 137 cm³/mol. The van der Waals surface area contributed by atoms with Crippen LogP contribution < -0.4 is 24.8 Å². The number of alkyl halides is 3. The molecule has 0 unspecified atom stereocenters. The number of sulfonamides is 1. The van der Waals surface area contributed by atoms with E-state index in [0.29, 0.717) is 6.54 Å². The molecular weight excluding hydrogens is 565 g/mol. The largest absolute Gasteiger partial charge is 0.492 e. The molecule has 0 aliphatic heterocycles. The van der Waals surface area contributed by atoms with E-state index in [1.807, 2.05) is 0 Å². The Morgan fingerprint density at radius 1 is 1.08 bits per heavy atom. The number of esters is 1. The highest BCUT2D eigenvalue weighted by atomic mass is 35.5. The van der Waals surface area contributed by atoms with Gasteiger partial charge < -0.3 is 19.7 Å². The van der Waals surface area contributed by atoms with Crippen LogP contribution in [0.25, 0.3) is 0 Å². The van der Waals surface area contributed by atoms with E-state index in [1.54, 1.807) is 42.7 Å². The number of hydrogen-bond acceptors (Lipinski definition) is 8. The monoisotopic (exact) mass is 586 g/mol. The fraction of sp³-hybridized carbons (Fsp3) is 0.208. The Morgan fingerprint density at radius 2 is 1.74 bits per heavy atom. The van der Waals surface area contributed by atoms with Crippen LogP contribution in [0, 0.1) is 0 Å². The lowest BCUT2D eigenvalue weighted by molar-refractivity contribution is -0.189. The third-order valence-electron chi connectivity index (χ3n) is 4.97. The zero-order valence-electron chi connectivity index (χ0n) is 20.0. The van der Waals surface area contributed by atoms with Gasteiger partial charge in [0.05, 0.1) is 16.3 Å². The van der Waals surface area contributed by atoms with E-state index in [9.17, 15) is 31.2 Å². The number of halogens is 4. The number of hydrogen-bond donors (Lipinski definition) is 2. The number of nitrogens with two attached hydrogens (primary N) is 1. The van der Waals surface area contributed by atoms with E-state index in [2.05, 4.69) is 15.0 Å². The van der Waals surface area contributed by atoms with Gasteiger partial charge in [0.2, 0.25) is 10.0 Å². The number of carbonyl (C=O) groups is 2. The first kappa shape index (κ1) is 29.7. The first-order valence-electron chi connectivity index (χ1n) is 11.1. The van der Waals surface area contributed by atoms with Gasteiger partial charge in [0.25, 0.3) is 5.91 Å². The van der Waals surface area contributed by atoms with E-state index in [1.165, 1.54) is 12.1 Å². The SMILES string of the molecule is NS(=O)(=O)CCN(C(=O)c1cc(OCCNc2ccncc2)cc(Cl)c1OC(=O)C(F)(F)F)c1ccccc1. The molecule has 0 aliphatic rings. The second kappa shape index (κ2) is 12.8. The van der Waals surface area contributed by atoms with Crippen LogP contribution in [-0.2, 0) is 14.8 Å². The van der Waals surface area contributed by atoms with Crippen molar-refractivity contribution in [3.05, 3.63) is 77.6 Å². The van der Waals surface area contributed by atoms with E-state index in [-0.39, 0.29) is 18.0 Å². The summed E-state index contributed by atoms with van der Waals surface area (Å²) in [6.07, 6.45) is -2.23. The van der Waals surface area contributed by atoms with E-state index in [0.717, 1.165) is 22.7 Å². The second-order valence-corrected chi connectivity index (χ2v) is 9.98. The second-order valence-electron chi connectivity index (χ2n) is 7.84. The van der Waals surface area contributed by atoms with Crippen LogP contribution in [-0.4, -0.2) is 56.9 Å². The number of anilines is 2. The molecule has 0 spiro atoms. The minimum atomic E-state index is -5.38. The van der Waals surface area contributed by atoms with Crippen LogP contribution in [0.4, 0.5) is 24.5 Å². The maximum absolute atomic E-state index is 13.6. The molecule has 0 fully saturated rings. The Morgan fingerprint density at radius 3 is 2.36 bits per heavy atom. The summed E-state index contributed by atoms with van der Waals surface area (Å²) in [5.41, 5.74) is 0.379. The fourth-order valence-electron chi connectivity index (χ4n) is 3.22. The molecule has 0 atom stereocenters. The molecule has 3 aromatic rings. The Kier molecular flexibility index (Phi) is 9.72. The molecule has 1 amide bonds. The number of rotatable bonds is 11. The van der Waals surface area contributed by atoms with Crippen LogP contribution in [0.2, 0.25) is 5.02 Å². The topological polar surface area (TPSA) is 141 Å². The summed E-state index contributed by atoms with van der Waals surface area (Å²) in [6, 6.07) is 13.2. The lowest BCUT2D eigenvalue weighted by Crippen LogP contribution is -2.37. The number of nitrogens with one attached hydrogen (secondary N) is 1. The molecule has 10 nitrogen and oxygen atoms in total. The maximum Gasteiger partial charge on any atom is 0.491 e. The number of para-hydroxylation sites is 1. The summed E-state index contributed by atoms with van der Waals surface area (Å²) in [7, 11) is -4.04. The third-order valence-corrected chi connectivity index (χ3v) is 6.00. The highest BCUT2D eigenvalue weighted by molar-refractivity contribution is 7.89. The molecule has 208 valence electrons. The number of ether oxygens (including phenoxy) is 2. The predicted octanol–water partition coefficient (Wildman–Crippen LogP) is 3.63. The Balaban J connectivity index is 1.95. The van der Waals surface area contributed by atoms with Gasteiger partial charge in [-0.15, -0.1) is 0 Å². The van der Waals surface area contributed by atoms with Gasteiger partial charge in [-0.25, -0.2) is 18.4 Å². The number of nitrogens with zero attached hydrogens (tertiary/aromatic N) is 2. The molecule has 0 saturated carbocycles. The van der Waals surface area contributed by atoms with Gasteiger partial charge in [-0.3, -0.25) is 9.78 Å². The van der Waals surface area contributed by atoms with Crippen molar-refractivity contribution in [1.82, 2.24) is 4.98 Å². The summed E-state index contributed by atoms with van der Waals surface area (Å²) in [5.74, 6) is -5.19. The maximum atomic E-state index is 13.6. The summed E-state index contributed by atoms with van der Waals surface area (Å²) in [5, 5.41) is 7.63. The van der Waals surface area contributed by atoms with Gasteiger partial charge in [0.1, 0.15) is 12.4 Å². The zero-order chi connectivity index (χ0) is 28.6. The molecule has 0 bridgehead atoms. The van der Waals surface area contributed by atoms with Gasteiger partial charge >= 0.3 is 12.1 Å². The number of amides is 1. The highest BCUT2D eigenvalue weighted by Gasteiger charge is 2.42. The molecule has 0 aliphatic carbocycles. The molecule has 3 N–H and O–H groups in total. The Bertz CT molecular complexity index is 1410. The van der Waals surface area contributed by atoms with Crippen molar-refractivity contribution in [3.63, 3.8) is 0 Å². The summed E-state index contributed by atoms with van der Waals surface area (Å²) in [4.78, 5) is 30.1. The average Bonchev–Trinajstić information content (AvgIpc) is 2.88. The first-order valence-corrected chi connectivity index (χ1v) is 13.2. The molecule has 3 rings (SSSR count). The third kappa shape index (κ3) is 8.84. The van der Waals surface area contributed by atoms with Crippen molar-refractivity contribution in [1.29, 1.82) is 0 Å². The van der Waals surface area contributed by atoms with Crippen molar-refractivity contribution in [2.75, 3.05) is 35.7 Å². The molecule has 1 heterocycles. The molecule has 0 saturated heterocycles. The van der Waals surface area contributed by atoms with Crippen molar-refractivity contribution in [3.8, 4) is 11.5 Å². The minimum absolute atomic E-state index is 0.0221. The summed E-state index contributed by atoms with van der Waals surface area (Å²) in [6.45, 7) is -0.130. The smallest absolute Gasteiger partial charge is 0.491 e.